The minimum atomic E-state index is 0.383. The van der Waals surface area contributed by atoms with Gasteiger partial charge in [0, 0.05) is 6.42 Å². The third-order valence-corrected chi connectivity index (χ3v) is 2.66. The van der Waals surface area contributed by atoms with E-state index in [9.17, 15) is 4.79 Å². The van der Waals surface area contributed by atoms with E-state index in [-0.39, 0.29) is 0 Å². The van der Waals surface area contributed by atoms with E-state index in [4.69, 9.17) is 0 Å². The lowest BCUT2D eigenvalue weighted by molar-refractivity contribution is -0.115. The zero-order valence-electron chi connectivity index (χ0n) is 8.48. The summed E-state index contributed by atoms with van der Waals surface area (Å²) in [5.41, 5.74) is 2.44. The predicted octanol–water partition coefficient (Wildman–Crippen LogP) is 2.96. The van der Waals surface area contributed by atoms with Gasteiger partial charge in [-0.2, -0.15) is 0 Å². The first-order chi connectivity index (χ1) is 5.52. The van der Waals surface area contributed by atoms with Crippen molar-refractivity contribution in [3.05, 3.63) is 11.1 Å². The zero-order chi connectivity index (χ0) is 9.30. The topological polar surface area (TPSA) is 17.1 Å². The van der Waals surface area contributed by atoms with Gasteiger partial charge < -0.3 is 0 Å². The maximum atomic E-state index is 11.5. The van der Waals surface area contributed by atoms with E-state index in [0.29, 0.717) is 17.6 Å². The van der Waals surface area contributed by atoms with E-state index >= 15 is 0 Å². The Balaban J connectivity index is 2.78. The molecule has 1 nitrogen and oxygen atoms in total. The van der Waals surface area contributed by atoms with Gasteiger partial charge >= 0.3 is 0 Å². The molecule has 0 heterocycles. The number of hydrogen-bond acceptors (Lipinski definition) is 1. The summed E-state index contributed by atoms with van der Waals surface area (Å²) in [6, 6.07) is 0. The van der Waals surface area contributed by atoms with E-state index in [1.807, 2.05) is 0 Å². The monoisotopic (exact) mass is 166 g/mol. The molecule has 1 rings (SSSR count). The molecule has 0 radical (unpaired) electrons. The lowest BCUT2D eigenvalue weighted by atomic mass is 9.99. The minimum Gasteiger partial charge on any atom is -0.295 e. The van der Waals surface area contributed by atoms with Crippen molar-refractivity contribution in [2.75, 3.05) is 0 Å². The standard InChI is InChI=1S/C11H18O/c1-7(2)5-10-9(4)8(3)6-11(10)12/h7-8H,5-6H2,1-4H3. The average molecular weight is 166 g/mol. The molecule has 68 valence electrons. The smallest absolute Gasteiger partial charge is 0.159 e. The number of ketones is 1. The van der Waals surface area contributed by atoms with Crippen molar-refractivity contribution >= 4 is 5.78 Å². The molecule has 0 saturated carbocycles. The quantitative estimate of drug-likeness (QED) is 0.616. The Morgan fingerprint density at radius 3 is 2.42 bits per heavy atom. The van der Waals surface area contributed by atoms with Gasteiger partial charge in [0.1, 0.15) is 0 Å². The van der Waals surface area contributed by atoms with Crippen LogP contribution in [0.1, 0.15) is 40.5 Å². The van der Waals surface area contributed by atoms with Crippen molar-refractivity contribution in [1.29, 1.82) is 0 Å². The summed E-state index contributed by atoms with van der Waals surface area (Å²) in [5, 5.41) is 0. The molecule has 1 heteroatoms. The Bertz CT molecular complexity index is 223. The summed E-state index contributed by atoms with van der Waals surface area (Å²) >= 11 is 0. The Kier molecular flexibility index (Phi) is 2.71. The molecule has 0 aromatic rings. The molecule has 0 aromatic heterocycles. The highest BCUT2D eigenvalue weighted by Gasteiger charge is 2.26. The highest BCUT2D eigenvalue weighted by Crippen LogP contribution is 2.31. The average Bonchev–Trinajstić information content (AvgIpc) is 2.16. The van der Waals surface area contributed by atoms with Crippen LogP contribution in [0.15, 0.2) is 11.1 Å². The SMILES string of the molecule is CC1=C(CC(C)C)C(=O)CC1C. The van der Waals surface area contributed by atoms with Gasteiger partial charge in [0.05, 0.1) is 0 Å². The van der Waals surface area contributed by atoms with Crippen molar-refractivity contribution in [3.63, 3.8) is 0 Å². The zero-order valence-corrected chi connectivity index (χ0v) is 8.48. The molecule has 1 aliphatic rings. The molecule has 0 saturated heterocycles. The third-order valence-electron chi connectivity index (χ3n) is 2.66. The fourth-order valence-corrected chi connectivity index (χ4v) is 1.75. The molecule has 0 amide bonds. The Morgan fingerprint density at radius 2 is 2.08 bits per heavy atom. The Hall–Kier alpha value is -0.590. The van der Waals surface area contributed by atoms with Crippen molar-refractivity contribution in [3.8, 4) is 0 Å². The van der Waals surface area contributed by atoms with Crippen LogP contribution in [0, 0.1) is 11.8 Å². The molecule has 0 spiro atoms. The van der Waals surface area contributed by atoms with Crippen LogP contribution in [-0.2, 0) is 4.79 Å². The van der Waals surface area contributed by atoms with Gasteiger partial charge in [0.2, 0.25) is 0 Å². The van der Waals surface area contributed by atoms with Crippen LogP contribution in [0.5, 0.6) is 0 Å². The van der Waals surface area contributed by atoms with Crippen LogP contribution in [-0.4, -0.2) is 5.78 Å². The molecule has 1 aliphatic carbocycles. The summed E-state index contributed by atoms with van der Waals surface area (Å²) < 4.78 is 0. The number of carbonyl (C=O) groups excluding carboxylic acids is 1. The van der Waals surface area contributed by atoms with Crippen LogP contribution >= 0.6 is 0 Å². The highest BCUT2D eigenvalue weighted by molar-refractivity contribution is 5.98. The number of allylic oxidation sites excluding steroid dienone is 2. The lowest BCUT2D eigenvalue weighted by Gasteiger charge is -2.06. The highest BCUT2D eigenvalue weighted by atomic mass is 16.1. The fourth-order valence-electron chi connectivity index (χ4n) is 1.75. The number of carbonyl (C=O) groups is 1. The molecule has 12 heavy (non-hydrogen) atoms. The van der Waals surface area contributed by atoms with Crippen molar-refractivity contribution in [2.45, 2.75) is 40.5 Å². The first kappa shape index (κ1) is 9.50. The fraction of sp³-hybridized carbons (Fsp3) is 0.727. The van der Waals surface area contributed by atoms with Gasteiger partial charge in [0.25, 0.3) is 0 Å². The largest absolute Gasteiger partial charge is 0.295 e. The second-order valence-electron chi connectivity index (χ2n) is 4.29. The second-order valence-corrected chi connectivity index (χ2v) is 4.29. The summed E-state index contributed by atoms with van der Waals surface area (Å²) in [5.74, 6) is 1.48. The van der Waals surface area contributed by atoms with Crippen LogP contribution in [0.4, 0.5) is 0 Å². The van der Waals surface area contributed by atoms with Gasteiger partial charge in [-0.15, -0.1) is 0 Å². The second kappa shape index (κ2) is 3.42. The van der Waals surface area contributed by atoms with Crippen molar-refractivity contribution in [2.24, 2.45) is 11.8 Å². The minimum absolute atomic E-state index is 0.383. The summed E-state index contributed by atoms with van der Waals surface area (Å²) in [6.45, 7) is 8.57. The van der Waals surface area contributed by atoms with E-state index in [2.05, 4.69) is 27.7 Å². The van der Waals surface area contributed by atoms with Crippen LogP contribution in [0.3, 0.4) is 0 Å². The first-order valence-electron chi connectivity index (χ1n) is 4.75. The van der Waals surface area contributed by atoms with Gasteiger partial charge in [0.15, 0.2) is 5.78 Å². The molecule has 0 bridgehead atoms. The Labute approximate surface area is 74.9 Å². The first-order valence-corrected chi connectivity index (χ1v) is 4.75. The van der Waals surface area contributed by atoms with Crippen LogP contribution in [0.25, 0.3) is 0 Å². The molecular formula is C11H18O. The third kappa shape index (κ3) is 1.77. The van der Waals surface area contributed by atoms with Gasteiger partial charge in [-0.05, 0) is 30.8 Å². The lowest BCUT2D eigenvalue weighted by Crippen LogP contribution is -2.00. The van der Waals surface area contributed by atoms with Gasteiger partial charge in [-0.1, -0.05) is 26.3 Å². The van der Waals surface area contributed by atoms with Crippen molar-refractivity contribution < 1.29 is 4.79 Å². The predicted molar refractivity (Wildman–Crippen MR) is 50.9 cm³/mol. The summed E-state index contributed by atoms with van der Waals surface area (Å²) in [4.78, 5) is 11.5. The molecule has 1 atom stereocenters. The Morgan fingerprint density at radius 1 is 1.50 bits per heavy atom. The van der Waals surface area contributed by atoms with Crippen molar-refractivity contribution in [1.82, 2.24) is 0 Å². The maximum absolute atomic E-state index is 11.5. The van der Waals surface area contributed by atoms with E-state index in [1.165, 1.54) is 5.57 Å². The molecular weight excluding hydrogens is 148 g/mol. The maximum Gasteiger partial charge on any atom is 0.159 e. The number of hydrogen-bond donors (Lipinski definition) is 0. The molecule has 0 aromatic carbocycles. The molecule has 0 fully saturated rings. The van der Waals surface area contributed by atoms with Gasteiger partial charge in [-0.25, -0.2) is 0 Å². The van der Waals surface area contributed by atoms with Gasteiger partial charge in [-0.3, -0.25) is 4.79 Å². The summed E-state index contributed by atoms with van der Waals surface area (Å²) in [7, 11) is 0. The van der Waals surface area contributed by atoms with Crippen LogP contribution < -0.4 is 0 Å². The van der Waals surface area contributed by atoms with Crippen LogP contribution in [0.2, 0.25) is 0 Å². The number of Topliss-reactive ketones (excluding diaryl/α,β-unsaturated/α-hetero) is 1. The van der Waals surface area contributed by atoms with E-state index in [1.54, 1.807) is 0 Å². The molecule has 1 unspecified atom stereocenters. The molecule has 0 N–H and O–H groups in total. The summed E-state index contributed by atoms with van der Waals surface area (Å²) in [6.07, 6.45) is 1.71. The molecule has 0 aliphatic heterocycles. The van der Waals surface area contributed by atoms with E-state index in [0.717, 1.165) is 18.4 Å². The normalized spacial score (nSPS) is 24.4. The van der Waals surface area contributed by atoms with E-state index < -0.39 is 0 Å². The number of rotatable bonds is 2.